The van der Waals surface area contributed by atoms with Crippen molar-refractivity contribution in [3.05, 3.63) is 56.1 Å². The van der Waals surface area contributed by atoms with Crippen LogP contribution >= 0.6 is 57.4 Å². The fraction of sp³-hybridized carbons (Fsp3) is 0.222. The molecule has 0 bridgehead atoms. The molecule has 1 aromatic heterocycles. The molecule has 2 heterocycles. The Morgan fingerprint density at radius 1 is 1.25 bits per heavy atom. The highest BCUT2D eigenvalue weighted by Crippen LogP contribution is 2.41. The van der Waals surface area contributed by atoms with E-state index in [0.717, 1.165) is 21.7 Å². The molecule has 10 heteroatoms. The summed E-state index contributed by atoms with van der Waals surface area (Å²) in [6, 6.07) is 10.7. The fourth-order valence-corrected chi connectivity index (χ4v) is 4.88. The molecule has 1 atom stereocenters. The second kappa shape index (κ2) is 7.74. The van der Waals surface area contributed by atoms with Crippen LogP contribution in [-0.2, 0) is 11.3 Å². The summed E-state index contributed by atoms with van der Waals surface area (Å²) in [6.07, 6.45) is -0.339. The molecule has 0 radical (unpaired) electrons. The van der Waals surface area contributed by atoms with Crippen molar-refractivity contribution in [1.82, 2.24) is 9.47 Å². The third kappa shape index (κ3) is 3.70. The summed E-state index contributed by atoms with van der Waals surface area (Å²) in [5.41, 5.74) is 1.57. The fourth-order valence-electron chi connectivity index (χ4n) is 2.99. The average Bonchev–Trinajstić information content (AvgIpc) is 3.11. The molecule has 3 aromatic rings. The average molecular weight is 550 g/mol. The van der Waals surface area contributed by atoms with E-state index in [0.29, 0.717) is 27.9 Å². The van der Waals surface area contributed by atoms with Crippen LogP contribution in [0.4, 0.5) is 5.69 Å². The SMILES string of the molecule is CN(CC1Oc2cc(Cl)ccc2N1I)C(=O)Cn1c(=O)sc2ccc(Cl)cc21. The second-order valence-corrected chi connectivity index (χ2v) is 9.24. The number of amides is 1. The summed E-state index contributed by atoms with van der Waals surface area (Å²) < 4.78 is 10.1. The van der Waals surface area contributed by atoms with Gasteiger partial charge in [-0.2, -0.15) is 0 Å². The molecule has 0 N–H and O–H groups in total. The molecule has 28 heavy (non-hydrogen) atoms. The normalized spacial score (nSPS) is 15.6. The molecule has 1 aliphatic rings. The summed E-state index contributed by atoms with van der Waals surface area (Å²) in [7, 11) is 1.69. The molecule has 146 valence electrons. The van der Waals surface area contributed by atoms with Crippen molar-refractivity contribution in [2.24, 2.45) is 0 Å². The molecular formula is C18H14Cl2IN3O3S. The highest BCUT2D eigenvalue weighted by molar-refractivity contribution is 14.1. The zero-order chi connectivity index (χ0) is 20.0. The lowest BCUT2D eigenvalue weighted by Crippen LogP contribution is -2.42. The maximum atomic E-state index is 12.8. The number of thiazole rings is 1. The number of halogens is 3. The van der Waals surface area contributed by atoms with Crippen LogP contribution in [0.2, 0.25) is 10.0 Å². The van der Waals surface area contributed by atoms with E-state index in [-0.39, 0.29) is 23.6 Å². The van der Waals surface area contributed by atoms with Crippen LogP contribution in [0, 0.1) is 0 Å². The van der Waals surface area contributed by atoms with Crippen LogP contribution in [0.15, 0.2) is 41.2 Å². The smallest absolute Gasteiger partial charge is 0.308 e. The van der Waals surface area contributed by atoms with E-state index in [2.05, 4.69) is 22.9 Å². The van der Waals surface area contributed by atoms with Gasteiger partial charge in [0, 0.05) is 23.2 Å². The van der Waals surface area contributed by atoms with Gasteiger partial charge >= 0.3 is 4.87 Å². The third-order valence-electron chi connectivity index (χ3n) is 4.45. The lowest BCUT2D eigenvalue weighted by Gasteiger charge is -2.24. The molecule has 0 spiro atoms. The molecule has 2 aromatic carbocycles. The number of benzene rings is 2. The number of anilines is 1. The van der Waals surface area contributed by atoms with Gasteiger partial charge in [-0.05, 0) is 30.3 Å². The predicted octanol–water partition coefficient (Wildman–Crippen LogP) is 4.40. The number of fused-ring (bicyclic) bond motifs is 2. The summed E-state index contributed by atoms with van der Waals surface area (Å²) in [5, 5.41) is 1.12. The van der Waals surface area contributed by atoms with Gasteiger partial charge in [0.2, 0.25) is 5.91 Å². The molecule has 1 amide bonds. The van der Waals surface area contributed by atoms with Gasteiger partial charge in [-0.15, -0.1) is 0 Å². The minimum Gasteiger partial charge on any atom is -0.466 e. The number of ether oxygens (including phenoxy) is 1. The van der Waals surface area contributed by atoms with E-state index in [1.807, 2.05) is 9.18 Å². The van der Waals surface area contributed by atoms with Crippen molar-refractivity contribution in [3.63, 3.8) is 0 Å². The minimum atomic E-state index is -0.339. The van der Waals surface area contributed by atoms with E-state index >= 15 is 0 Å². The number of hydrogen-bond acceptors (Lipinski definition) is 5. The molecule has 4 rings (SSSR count). The predicted molar refractivity (Wildman–Crippen MR) is 121 cm³/mol. The van der Waals surface area contributed by atoms with Crippen LogP contribution in [0.5, 0.6) is 5.75 Å². The Morgan fingerprint density at radius 3 is 2.75 bits per heavy atom. The third-order valence-corrected chi connectivity index (χ3v) is 7.02. The number of aromatic nitrogens is 1. The lowest BCUT2D eigenvalue weighted by atomic mass is 10.3. The number of carbonyl (C=O) groups excluding carboxylic acids is 1. The molecule has 0 fully saturated rings. The van der Waals surface area contributed by atoms with Crippen molar-refractivity contribution in [2.45, 2.75) is 12.8 Å². The molecule has 6 nitrogen and oxygen atoms in total. The molecular weight excluding hydrogens is 536 g/mol. The van der Waals surface area contributed by atoms with Crippen LogP contribution in [-0.4, -0.2) is 35.2 Å². The van der Waals surface area contributed by atoms with Crippen LogP contribution in [0.25, 0.3) is 10.2 Å². The maximum absolute atomic E-state index is 12.8. The topological polar surface area (TPSA) is 54.8 Å². The highest BCUT2D eigenvalue weighted by Gasteiger charge is 2.31. The molecule has 1 unspecified atom stereocenters. The number of carbonyl (C=O) groups is 1. The van der Waals surface area contributed by atoms with Gasteiger partial charge in [0.1, 0.15) is 12.3 Å². The Morgan fingerprint density at radius 2 is 1.96 bits per heavy atom. The van der Waals surface area contributed by atoms with Gasteiger partial charge < -0.3 is 9.64 Å². The summed E-state index contributed by atoms with van der Waals surface area (Å²) in [6.45, 7) is 0.286. The van der Waals surface area contributed by atoms with Crippen molar-refractivity contribution in [2.75, 3.05) is 16.7 Å². The Bertz CT molecular complexity index is 1130. The van der Waals surface area contributed by atoms with Crippen LogP contribution in [0.1, 0.15) is 0 Å². The quantitative estimate of drug-likeness (QED) is 0.357. The summed E-state index contributed by atoms with van der Waals surface area (Å²) >= 11 is 15.3. The minimum absolute atomic E-state index is 0.0532. The van der Waals surface area contributed by atoms with Crippen molar-refractivity contribution in [1.29, 1.82) is 0 Å². The van der Waals surface area contributed by atoms with Crippen molar-refractivity contribution in [3.8, 4) is 5.75 Å². The monoisotopic (exact) mass is 549 g/mol. The second-order valence-electron chi connectivity index (χ2n) is 6.34. The van der Waals surface area contributed by atoms with Gasteiger partial charge in [0.25, 0.3) is 0 Å². The van der Waals surface area contributed by atoms with Gasteiger partial charge in [-0.3, -0.25) is 17.3 Å². The number of nitrogens with zero attached hydrogens (tertiary/aromatic N) is 3. The first-order valence-corrected chi connectivity index (χ1v) is 10.8. The largest absolute Gasteiger partial charge is 0.466 e. The first-order valence-electron chi connectivity index (χ1n) is 8.27. The first kappa shape index (κ1) is 19.8. The first-order chi connectivity index (χ1) is 13.3. The van der Waals surface area contributed by atoms with Crippen LogP contribution < -0.4 is 12.7 Å². The summed E-state index contributed by atoms with van der Waals surface area (Å²) in [4.78, 5) is 26.4. The molecule has 0 saturated heterocycles. The van der Waals surface area contributed by atoms with Crippen LogP contribution in [0.3, 0.4) is 0 Å². The van der Waals surface area contributed by atoms with Gasteiger partial charge in [-0.25, -0.2) is 0 Å². The number of hydrogen-bond donors (Lipinski definition) is 0. The Hall–Kier alpha value is -1.49. The van der Waals surface area contributed by atoms with E-state index in [1.165, 1.54) is 4.57 Å². The Kier molecular flexibility index (Phi) is 5.47. The Labute approximate surface area is 188 Å². The standard InChI is InChI=1S/C18H14Cl2IN3O3S/c1-22(9-17-24(21)12-4-2-11(20)7-14(12)27-17)16(25)8-23-13-6-10(19)3-5-15(13)28-18(23)26/h2-7,17H,8-9H2,1H3. The zero-order valence-corrected chi connectivity index (χ0v) is 19.1. The van der Waals surface area contributed by atoms with Gasteiger partial charge in [0.15, 0.2) is 6.23 Å². The van der Waals surface area contributed by atoms with E-state index in [1.54, 1.807) is 42.3 Å². The molecule has 0 saturated carbocycles. The van der Waals surface area contributed by atoms with E-state index < -0.39 is 0 Å². The molecule has 0 aliphatic carbocycles. The van der Waals surface area contributed by atoms with Crippen molar-refractivity contribution < 1.29 is 9.53 Å². The maximum Gasteiger partial charge on any atom is 0.308 e. The van der Waals surface area contributed by atoms with Crippen molar-refractivity contribution >= 4 is 79.2 Å². The van der Waals surface area contributed by atoms with E-state index in [9.17, 15) is 9.59 Å². The Balaban J connectivity index is 1.49. The lowest BCUT2D eigenvalue weighted by molar-refractivity contribution is -0.131. The number of likely N-dealkylation sites (N-methyl/N-ethyl adjacent to an activating group) is 1. The van der Waals surface area contributed by atoms with E-state index in [4.69, 9.17) is 27.9 Å². The molecule has 1 aliphatic heterocycles. The number of rotatable bonds is 4. The highest BCUT2D eigenvalue weighted by atomic mass is 127. The van der Waals surface area contributed by atoms with Gasteiger partial charge in [-0.1, -0.05) is 34.5 Å². The zero-order valence-electron chi connectivity index (χ0n) is 14.6. The summed E-state index contributed by atoms with van der Waals surface area (Å²) in [5.74, 6) is 0.492. The van der Waals surface area contributed by atoms with Gasteiger partial charge in [0.05, 0.1) is 45.3 Å².